The third-order valence-corrected chi connectivity index (χ3v) is 6.59. The van der Waals surface area contributed by atoms with Crippen LogP contribution in [0.15, 0.2) is 58.0 Å². The number of anilines is 2. The topological polar surface area (TPSA) is 149 Å². The van der Waals surface area contributed by atoms with Crippen molar-refractivity contribution in [1.29, 1.82) is 0 Å². The highest BCUT2D eigenvalue weighted by molar-refractivity contribution is 7.99. The number of carbonyl (C=O) groups excluding carboxylic acids is 1. The fourth-order valence-electron chi connectivity index (χ4n) is 3.94. The summed E-state index contributed by atoms with van der Waals surface area (Å²) in [6.07, 6.45) is 7.63. The van der Waals surface area contributed by atoms with Crippen molar-refractivity contribution in [3.8, 4) is 17.0 Å². The first-order valence-corrected chi connectivity index (χ1v) is 12.3. The summed E-state index contributed by atoms with van der Waals surface area (Å²) in [5.41, 5.74) is 2.41. The van der Waals surface area contributed by atoms with Gasteiger partial charge in [-0.05, 0) is 12.1 Å². The molecule has 0 saturated carbocycles. The van der Waals surface area contributed by atoms with Crippen molar-refractivity contribution < 1.29 is 18.3 Å². The Bertz CT molecular complexity index is 1550. The van der Waals surface area contributed by atoms with Crippen molar-refractivity contribution in [3.05, 3.63) is 48.5 Å². The van der Waals surface area contributed by atoms with Crippen LogP contribution in [0.25, 0.3) is 16.9 Å². The number of nitrogens with zero attached hydrogens (tertiary/aromatic N) is 7. The number of thioether (sulfide) groups is 1. The summed E-state index contributed by atoms with van der Waals surface area (Å²) in [5.74, 6) is 5.68. The minimum absolute atomic E-state index is 0.0880. The monoisotopic (exact) mass is 540 g/mol. The summed E-state index contributed by atoms with van der Waals surface area (Å²) in [6, 6.07) is 4.92. The molecule has 0 bridgehead atoms. The number of nitrogens with two attached hydrogens (primary N) is 1. The molecule has 0 radical (unpaired) electrons. The quantitative estimate of drug-likeness (QED) is 0.175. The Hall–Kier alpha value is -4.53. The second-order valence-electron chi connectivity index (χ2n) is 8.00. The lowest BCUT2D eigenvalue weighted by atomic mass is 10.1. The standard InChI is InChI=1S/C23H22F2N10O2S/c1-27-9-13(32-26)11-34-12-17(31-22(36)15-10-30-35-5-2-3-29-21(15)35)20(33-34)14-7-19-16(28-4-6-38-19)8-18(14)37-23(24)25/h2-3,5,7-10,12,23,28H,4,6,11,26H2,1H3,(H,31,36). The number of halogens is 2. The number of ether oxygens (including phenoxy) is 1. The van der Waals surface area contributed by atoms with E-state index < -0.39 is 12.5 Å². The molecule has 15 heteroatoms. The summed E-state index contributed by atoms with van der Waals surface area (Å²) in [7, 11) is 1.57. The van der Waals surface area contributed by atoms with Gasteiger partial charge in [0, 0.05) is 60.7 Å². The smallest absolute Gasteiger partial charge is 0.387 e. The highest BCUT2D eigenvalue weighted by Crippen LogP contribution is 2.43. The lowest BCUT2D eigenvalue weighted by Crippen LogP contribution is -2.14. The van der Waals surface area contributed by atoms with Gasteiger partial charge in [0.2, 0.25) is 0 Å². The van der Waals surface area contributed by atoms with Gasteiger partial charge in [-0.15, -0.1) is 11.8 Å². The Labute approximate surface area is 219 Å². The maximum absolute atomic E-state index is 13.4. The summed E-state index contributed by atoms with van der Waals surface area (Å²) in [6.45, 7) is -2.26. The van der Waals surface area contributed by atoms with E-state index in [1.165, 1.54) is 27.7 Å². The average Bonchev–Trinajstić information content (AvgIpc) is 3.51. The lowest BCUT2D eigenvalue weighted by molar-refractivity contribution is -0.0494. The van der Waals surface area contributed by atoms with E-state index in [4.69, 9.17) is 10.6 Å². The summed E-state index contributed by atoms with van der Waals surface area (Å²) < 4.78 is 34.6. The normalized spacial score (nSPS) is 13.6. The number of hydrogen-bond acceptors (Lipinski definition) is 10. The minimum Gasteiger partial charge on any atom is -0.434 e. The van der Waals surface area contributed by atoms with Gasteiger partial charge in [0.1, 0.15) is 17.0 Å². The first-order valence-electron chi connectivity index (χ1n) is 11.3. The molecule has 0 spiro atoms. The summed E-state index contributed by atoms with van der Waals surface area (Å²) >= 11 is 1.57. The van der Waals surface area contributed by atoms with Crippen molar-refractivity contribution in [2.45, 2.75) is 18.1 Å². The predicted octanol–water partition coefficient (Wildman–Crippen LogP) is 2.98. The molecule has 5 rings (SSSR count). The molecule has 0 saturated heterocycles. The highest BCUT2D eigenvalue weighted by atomic mass is 32.2. The van der Waals surface area contributed by atoms with Gasteiger partial charge in [-0.1, -0.05) is 0 Å². The molecular formula is C23H22F2N10O2S. The van der Waals surface area contributed by atoms with Gasteiger partial charge in [0.15, 0.2) is 5.65 Å². The maximum Gasteiger partial charge on any atom is 0.387 e. The third kappa shape index (κ3) is 5.13. The van der Waals surface area contributed by atoms with Crippen LogP contribution in [0.4, 0.5) is 20.2 Å². The van der Waals surface area contributed by atoms with Crippen molar-refractivity contribution in [3.63, 3.8) is 0 Å². The van der Waals surface area contributed by atoms with E-state index in [-0.39, 0.29) is 34.8 Å². The van der Waals surface area contributed by atoms with Gasteiger partial charge < -0.3 is 21.2 Å². The Morgan fingerprint density at radius 3 is 3.08 bits per heavy atom. The number of nitrogens with one attached hydrogen (secondary N) is 2. The molecule has 4 aromatic rings. The third-order valence-electron chi connectivity index (χ3n) is 5.53. The van der Waals surface area contributed by atoms with Crippen LogP contribution in [0, 0.1) is 0 Å². The molecule has 1 aliphatic rings. The van der Waals surface area contributed by atoms with Crippen LogP contribution >= 0.6 is 11.8 Å². The number of fused-ring (bicyclic) bond motifs is 2. The number of aromatic nitrogens is 5. The van der Waals surface area contributed by atoms with E-state index in [0.717, 1.165) is 10.6 Å². The largest absolute Gasteiger partial charge is 0.434 e. The molecule has 0 unspecified atom stereocenters. The van der Waals surface area contributed by atoms with E-state index in [9.17, 15) is 13.6 Å². The van der Waals surface area contributed by atoms with Crippen molar-refractivity contribution in [2.24, 2.45) is 15.9 Å². The van der Waals surface area contributed by atoms with E-state index in [2.05, 4.69) is 35.9 Å². The van der Waals surface area contributed by atoms with Crippen molar-refractivity contribution >= 4 is 46.6 Å². The fraction of sp³-hybridized carbons (Fsp3) is 0.217. The molecule has 0 atom stereocenters. The van der Waals surface area contributed by atoms with Crippen LogP contribution in [0.2, 0.25) is 0 Å². The molecule has 12 nitrogen and oxygen atoms in total. The molecule has 1 aromatic carbocycles. The molecular weight excluding hydrogens is 518 g/mol. The number of aliphatic imine (C=N–C) groups is 1. The summed E-state index contributed by atoms with van der Waals surface area (Å²) in [4.78, 5) is 22.3. The van der Waals surface area contributed by atoms with E-state index in [0.29, 0.717) is 23.6 Å². The Morgan fingerprint density at radius 2 is 2.29 bits per heavy atom. The molecule has 38 heavy (non-hydrogen) atoms. The van der Waals surface area contributed by atoms with Gasteiger partial charge in [-0.2, -0.15) is 24.1 Å². The van der Waals surface area contributed by atoms with Crippen LogP contribution in [-0.2, 0) is 6.54 Å². The molecule has 0 fully saturated rings. The first-order chi connectivity index (χ1) is 18.5. The molecule has 4 heterocycles. The number of amides is 1. The second kappa shape index (κ2) is 10.8. The Balaban J connectivity index is 1.60. The number of hydrazone groups is 1. The Morgan fingerprint density at radius 1 is 1.42 bits per heavy atom. The first kappa shape index (κ1) is 25.1. The maximum atomic E-state index is 13.4. The molecule has 4 N–H and O–H groups in total. The Kier molecular flexibility index (Phi) is 7.17. The highest BCUT2D eigenvalue weighted by Gasteiger charge is 2.24. The summed E-state index contributed by atoms with van der Waals surface area (Å²) in [5, 5.41) is 18.4. The molecule has 196 valence electrons. The van der Waals surface area contributed by atoms with Gasteiger partial charge in [0.05, 0.1) is 29.8 Å². The number of alkyl halides is 2. The zero-order valence-electron chi connectivity index (χ0n) is 20.0. The second-order valence-corrected chi connectivity index (χ2v) is 9.13. The van der Waals surface area contributed by atoms with E-state index in [1.54, 1.807) is 49.5 Å². The van der Waals surface area contributed by atoms with Gasteiger partial charge >= 0.3 is 6.61 Å². The van der Waals surface area contributed by atoms with Crippen LogP contribution in [0.1, 0.15) is 10.4 Å². The average molecular weight is 541 g/mol. The number of benzene rings is 1. The fourth-order valence-corrected chi connectivity index (χ4v) is 4.85. The number of carbonyl (C=O) groups is 1. The molecule has 1 amide bonds. The van der Waals surface area contributed by atoms with Crippen molar-refractivity contribution in [2.75, 3.05) is 30.0 Å². The van der Waals surface area contributed by atoms with Crippen molar-refractivity contribution in [1.82, 2.24) is 24.4 Å². The number of hydrogen-bond donors (Lipinski definition) is 3. The predicted molar refractivity (Wildman–Crippen MR) is 140 cm³/mol. The van der Waals surface area contributed by atoms with Gasteiger partial charge in [-0.25, -0.2) is 9.50 Å². The van der Waals surface area contributed by atoms with Crippen LogP contribution < -0.4 is 21.2 Å². The minimum atomic E-state index is -3.07. The van der Waals surface area contributed by atoms with Gasteiger partial charge in [-0.3, -0.25) is 14.5 Å². The van der Waals surface area contributed by atoms with Crippen LogP contribution in [0.3, 0.4) is 0 Å². The lowest BCUT2D eigenvalue weighted by Gasteiger charge is -2.20. The van der Waals surface area contributed by atoms with E-state index >= 15 is 0 Å². The van der Waals surface area contributed by atoms with Crippen LogP contribution in [0.5, 0.6) is 5.75 Å². The molecule has 0 aliphatic carbocycles. The van der Waals surface area contributed by atoms with Gasteiger partial charge in [0.25, 0.3) is 5.91 Å². The number of rotatable bonds is 8. The zero-order valence-corrected chi connectivity index (χ0v) is 20.8. The van der Waals surface area contributed by atoms with Crippen LogP contribution in [-0.4, -0.2) is 68.2 Å². The molecule has 3 aromatic heterocycles. The molecule has 1 aliphatic heterocycles. The SMILES string of the molecule is CN=CC(Cn1cc(NC(=O)c2cnn3cccnc23)c(-c2cc3c(cc2OC(F)F)NCCS3)n1)=NN. The zero-order chi connectivity index (χ0) is 26.6. The van der Waals surface area contributed by atoms with E-state index in [1.807, 2.05) is 0 Å².